The zero-order valence-corrected chi connectivity index (χ0v) is 12.8. The van der Waals surface area contributed by atoms with Gasteiger partial charge in [-0.3, -0.25) is 9.59 Å². The number of likely N-dealkylation sites (tertiary alicyclic amines) is 1. The number of nitriles is 1. The van der Waals surface area contributed by atoms with Crippen LogP contribution in [0, 0.1) is 22.7 Å². The Kier molecular flexibility index (Phi) is 5.22. The number of amides is 1. The maximum atomic E-state index is 12.8. The molecular formula is C16H24N2O3. The fourth-order valence-electron chi connectivity index (χ4n) is 3.45. The summed E-state index contributed by atoms with van der Waals surface area (Å²) in [5, 5.41) is 9.51. The molecule has 1 saturated carbocycles. The number of rotatable bonds is 3. The fourth-order valence-corrected chi connectivity index (χ4v) is 3.45. The molecule has 0 spiro atoms. The Morgan fingerprint density at radius 1 is 1.29 bits per heavy atom. The van der Waals surface area contributed by atoms with Gasteiger partial charge in [-0.25, -0.2) is 0 Å². The first-order valence-electron chi connectivity index (χ1n) is 8.00. The number of piperidine rings is 1. The van der Waals surface area contributed by atoms with Crippen LogP contribution in [0.4, 0.5) is 0 Å². The molecule has 1 aliphatic heterocycles. The molecule has 5 nitrogen and oxygen atoms in total. The van der Waals surface area contributed by atoms with Crippen LogP contribution >= 0.6 is 0 Å². The van der Waals surface area contributed by atoms with Crippen molar-refractivity contribution in [3.63, 3.8) is 0 Å². The van der Waals surface area contributed by atoms with E-state index in [1.54, 1.807) is 11.8 Å². The zero-order chi connectivity index (χ0) is 15.3. The van der Waals surface area contributed by atoms with Gasteiger partial charge in [0, 0.05) is 13.1 Å². The predicted molar refractivity (Wildman–Crippen MR) is 77.1 cm³/mol. The summed E-state index contributed by atoms with van der Waals surface area (Å²) in [7, 11) is 0. The number of ether oxygens (including phenoxy) is 1. The van der Waals surface area contributed by atoms with Crippen molar-refractivity contribution in [2.24, 2.45) is 11.3 Å². The minimum Gasteiger partial charge on any atom is -0.466 e. The van der Waals surface area contributed by atoms with Crippen LogP contribution in [0.25, 0.3) is 0 Å². The van der Waals surface area contributed by atoms with Gasteiger partial charge in [-0.05, 0) is 32.6 Å². The summed E-state index contributed by atoms with van der Waals surface area (Å²) < 4.78 is 5.06. The average molecular weight is 292 g/mol. The van der Waals surface area contributed by atoms with E-state index >= 15 is 0 Å². The Bertz CT molecular complexity index is 435. The summed E-state index contributed by atoms with van der Waals surface area (Å²) in [5.74, 6) is -0.523. The Hall–Kier alpha value is -1.57. The SMILES string of the molecule is CCOC(=O)C1CCCN(C(=O)C2(C#N)CCCCC2)C1. The topological polar surface area (TPSA) is 70.4 Å². The van der Waals surface area contributed by atoms with Gasteiger partial charge in [-0.2, -0.15) is 5.26 Å². The third-order valence-corrected chi connectivity index (χ3v) is 4.66. The van der Waals surface area contributed by atoms with Crippen LogP contribution in [0.5, 0.6) is 0 Å². The highest BCUT2D eigenvalue weighted by Crippen LogP contribution is 2.38. The van der Waals surface area contributed by atoms with Crippen molar-refractivity contribution in [1.29, 1.82) is 5.26 Å². The number of carbonyl (C=O) groups excluding carboxylic acids is 2. The summed E-state index contributed by atoms with van der Waals surface area (Å²) in [6.45, 7) is 3.21. The third-order valence-electron chi connectivity index (χ3n) is 4.66. The lowest BCUT2D eigenvalue weighted by Crippen LogP contribution is -2.49. The molecule has 0 aromatic rings. The van der Waals surface area contributed by atoms with Crippen LogP contribution in [0.3, 0.4) is 0 Å². The minimum atomic E-state index is -0.852. The Balaban J connectivity index is 2.04. The Labute approximate surface area is 126 Å². The minimum absolute atomic E-state index is 0.0706. The first kappa shape index (κ1) is 15.8. The second-order valence-electron chi connectivity index (χ2n) is 6.10. The van der Waals surface area contributed by atoms with Gasteiger partial charge in [0.15, 0.2) is 0 Å². The first-order valence-corrected chi connectivity index (χ1v) is 8.00. The molecule has 1 unspecified atom stereocenters. The number of hydrogen-bond donors (Lipinski definition) is 0. The molecule has 2 rings (SSSR count). The van der Waals surface area contributed by atoms with Gasteiger partial charge in [-0.1, -0.05) is 19.3 Å². The highest BCUT2D eigenvalue weighted by molar-refractivity contribution is 5.86. The van der Waals surface area contributed by atoms with E-state index in [1.165, 1.54) is 0 Å². The maximum absolute atomic E-state index is 12.8. The van der Waals surface area contributed by atoms with E-state index in [0.29, 0.717) is 32.5 Å². The summed E-state index contributed by atoms with van der Waals surface area (Å²) in [5.41, 5.74) is -0.852. The van der Waals surface area contributed by atoms with E-state index in [0.717, 1.165) is 32.1 Å². The van der Waals surface area contributed by atoms with Gasteiger partial charge in [0.2, 0.25) is 5.91 Å². The standard InChI is InChI=1S/C16H24N2O3/c1-2-21-14(19)13-7-6-10-18(11-13)15(20)16(12-17)8-4-3-5-9-16/h13H,2-11H2,1H3. The molecule has 1 atom stereocenters. The van der Waals surface area contributed by atoms with Gasteiger partial charge < -0.3 is 9.64 Å². The predicted octanol–water partition coefficient (Wildman–Crippen LogP) is 2.26. The van der Waals surface area contributed by atoms with Crippen molar-refractivity contribution in [3.8, 4) is 6.07 Å². The summed E-state index contributed by atoms with van der Waals surface area (Å²) in [6.07, 6.45) is 5.86. The maximum Gasteiger partial charge on any atom is 0.310 e. The molecule has 0 radical (unpaired) electrons. The van der Waals surface area contributed by atoms with Crippen molar-refractivity contribution in [1.82, 2.24) is 4.90 Å². The molecule has 1 amide bonds. The van der Waals surface area contributed by atoms with E-state index in [1.807, 2.05) is 0 Å². The van der Waals surface area contributed by atoms with Crippen LogP contribution in [0.15, 0.2) is 0 Å². The molecule has 1 saturated heterocycles. The molecule has 0 bridgehead atoms. The van der Waals surface area contributed by atoms with E-state index in [2.05, 4.69) is 6.07 Å². The number of nitrogens with zero attached hydrogens (tertiary/aromatic N) is 2. The second-order valence-corrected chi connectivity index (χ2v) is 6.10. The molecule has 0 aromatic heterocycles. The monoisotopic (exact) mass is 292 g/mol. The van der Waals surface area contributed by atoms with E-state index in [4.69, 9.17) is 4.74 Å². The molecule has 1 heterocycles. The summed E-state index contributed by atoms with van der Waals surface area (Å²) >= 11 is 0. The van der Waals surface area contributed by atoms with E-state index in [9.17, 15) is 14.9 Å². The molecule has 0 aromatic carbocycles. The Morgan fingerprint density at radius 3 is 2.62 bits per heavy atom. The van der Waals surface area contributed by atoms with Gasteiger partial charge in [0.25, 0.3) is 0 Å². The highest BCUT2D eigenvalue weighted by Gasteiger charge is 2.44. The largest absolute Gasteiger partial charge is 0.466 e. The smallest absolute Gasteiger partial charge is 0.310 e. The number of esters is 1. The van der Waals surface area contributed by atoms with Gasteiger partial charge >= 0.3 is 5.97 Å². The lowest BCUT2D eigenvalue weighted by atomic mass is 9.74. The van der Waals surface area contributed by atoms with Crippen LogP contribution in [0.1, 0.15) is 51.9 Å². The Morgan fingerprint density at radius 2 is 2.00 bits per heavy atom. The number of carbonyl (C=O) groups is 2. The molecular weight excluding hydrogens is 268 g/mol. The molecule has 1 aliphatic carbocycles. The molecule has 21 heavy (non-hydrogen) atoms. The summed E-state index contributed by atoms with van der Waals surface area (Å²) in [6, 6.07) is 2.28. The van der Waals surface area contributed by atoms with E-state index < -0.39 is 5.41 Å². The normalized spacial score (nSPS) is 25.0. The van der Waals surface area contributed by atoms with Crippen LogP contribution in [-0.2, 0) is 14.3 Å². The fraction of sp³-hybridized carbons (Fsp3) is 0.812. The average Bonchev–Trinajstić information content (AvgIpc) is 2.55. The van der Waals surface area contributed by atoms with Crippen molar-refractivity contribution >= 4 is 11.9 Å². The van der Waals surface area contributed by atoms with Crippen LogP contribution in [0.2, 0.25) is 0 Å². The third kappa shape index (κ3) is 3.37. The lowest BCUT2D eigenvalue weighted by molar-refractivity contribution is -0.153. The van der Waals surface area contributed by atoms with Crippen LogP contribution < -0.4 is 0 Å². The molecule has 5 heteroatoms. The van der Waals surface area contributed by atoms with Crippen molar-refractivity contribution in [2.45, 2.75) is 51.9 Å². The van der Waals surface area contributed by atoms with Crippen LogP contribution in [-0.4, -0.2) is 36.5 Å². The highest BCUT2D eigenvalue weighted by atomic mass is 16.5. The van der Waals surface area contributed by atoms with Crippen molar-refractivity contribution in [2.75, 3.05) is 19.7 Å². The molecule has 116 valence electrons. The summed E-state index contributed by atoms with van der Waals surface area (Å²) in [4.78, 5) is 26.4. The van der Waals surface area contributed by atoms with Gasteiger partial charge in [-0.15, -0.1) is 0 Å². The molecule has 2 aliphatic rings. The zero-order valence-electron chi connectivity index (χ0n) is 12.8. The van der Waals surface area contributed by atoms with E-state index in [-0.39, 0.29) is 17.8 Å². The van der Waals surface area contributed by atoms with Crippen molar-refractivity contribution in [3.05, 3.63) is 0 Å². The molecule has 2 fully saturated rings. The number of hydrogen-bond acceptors (Lipinski definition) is 4. The van der Waals surface area contributed by atoms with Gasteiger partial charge in [0.05, 0.1) is 18.6 Å². The van der Waals surface area contributed by atoms with Crippen molar-refractivity contribution < 1.29 is 14.3 Å². The molecule has 0 N–H and O–H groups in total. The second kappa shape index (κ2) is 6.93. The first-order chi connectivity index (χ1) is 10.1. The lowest BCUT2D eigenvalue weighted by Gasteiger charge is -2.38. The van der Waals surface area contributed by atoms with Gasteiger partial charge in [0.1, 0.15) is 5.41 Å². The quantitative estimate of drug-likeness (QED) is 0.748.